The average Bonchev–Trinajstić information content (AvgIpc) is 3.79. The van der Waals surface area contributed by atoms with Gasteiger partial charge >= 0.3 is 0 Å². The fraction of sp³-hybridized carbons (Fsp3) is 0.394. The molecular formula is C33H41N10O4+. The summed E-state index contributed by atoms with van der Waals surface area (Å²) in [5.41, 5.74) is 6.53. The minimum atomic E-state index is -1.02. The number of hydrogen-bond acceptors (Lipinski definition) is 10. The number of benzene rings is 2. The summed E-state index contributed by atoms with van der Waals surface area (Å²) >= 11 is 0. The third-order valence-corrected chi connectivity index (χ3v) is 8.45. The molecule has 4 aromatic rings. The first-order chi connectivity index (χ1) is 23.0. The molecule has 2 aliphatic rings. The highest BCUT2D eigenvalue weighted by molar-refractivity contribution is 5.74. The van der Waals surface area contributed by atoms with Crippen molar-refractivity contribution in [1.29, 1.82) is 5.41 Å². The zero-order chi connectivity index (χ0) is 32.6. The molecule has 246 valence electrons. The van der Waals surface area contributed by atoms with Crippen LogP contribution in [0.2, 0.25) is 0 Å². The van der Waals surface area contributed by atoms with Gasteiger partial charge in [-0.3, -0.25) is 10.4 Å². The minimum Gasteiger partial charge on any atom is -0.491 e. The number of rotatable bonds is 14. The Balaban J connectivity index is 0.991. The van der Waals surface area contributed by atoms with Gasteiger partial charge in [-0.25, -0.2) is 0 Å². The van der Waals surface area contributed by atoms with E-state index in [9.17, 15) is 4.91 Å². The summed E-state index contributed by atoms with van der Waals surface area (Å²) in [6, 6.07) is 19.7. The van der Waals surface area contributed by atoms with Crippen molar-refractivity contribution < 1.29 is 19.2 Å². The van der Waals surface area contributed by atoms with Gasteiger partial charge in [0.1, 0.15) is 30.7 Å². The van der Waals surface area contributed by atoms with E-state index in [0.29, 0.717) is 30.4 Å². The molecule has 0 bridgehead atoms. The lowest BCUT2D eigenvalue weighted by atomic mass is 10.1. The lowest BCUT2D eigenvalue weighted by molar-refractivity contribution is -0.611. The van der Waals surface area contributed by atoms with Crippen molar-refractivity contribution in [2.24, 2.45) is 0 Å². The molecule has 14 nitrogen and oxygen atoms in total. The van der Waals surface area contributed by atoms with Crippen LogP contribution >= 0.6 is 0 Å². The predicted molar refractivity (Wildman–Crippen MR) is 177 cm³/mol. The highest BCUT2D eigenvalue weighted by atomic mass is 16.8. The second-order valence-electron chi connectivity index (χ2n) is 11.6. The van der Waals surface area contributed by atoms with Gasteiger partial charge in [-0.15, -0.1) is 5.43 Å². The number of ether oxygens (including phenoxy) is 3. The monoisotopic (exact) mass is 641 g/mol. The molecule has 0 radical (unpaired) electrons. The number of nitroso groups, excluding NO2 is 1. The van der Waals surface area contributed by atoms with E-state index in [0.717, 1.165) is 61.6 Å². The molecule has 2 aliphatic heterocycles. The van der Waals surface area contributed by atoms with Crippen LogP contribution in [0.5, 0.6) is 5.75 Å². The molecule has 3 atom stereocenters. The van der Waals surface area contributed by atoms with Crippen LogP contribution in [0.4, 0.5) is 17.1 Å². The van der Waals surface area contributed by atoms with Crippen molar-refractivity contribution in [2.45, 2.75) is 44.7 Å². The first-order valence-corrected chi connectivity index (χ1v) is 15.9. The maximum absolute atomic E-state index is 12.5. The van der Waals surface area contributed by atoms with Crippen LogP contribution in [0.25, 0.3) is 0 Å². The van der Waals surface area contributed by atoms with Crippen LogP contribution in [0.3, 0.4) is 0 Å². The van der Waals surface area contributed by atoms with Crippen LogP contribution in [0, 0.1) is 10.3 Å². The molecular weight excluding hydrogens is 600 g/mol. The lowest BCUT2D eigenvalue weighted by Crippen LogP contribution is -2.46. The number of anilines is 3. The topological polar surface area (TPSA) is 137 Å². The Morgan fingerprint density at radius 3 is 2.21 bits per heavy atom. The summed E-state index contributed by atoms with van der Waals surface area (Å²) in [6.07, 6.45) is 8.24. The van der Waals surface area contributed by atoms with Crippen molar-refractivity contribution >= 4 is 23.4 Å². The van der Waals surface area contributed by atoms with Crippen molar-refractivity contribution in [3.05, 3.63) is 95.9 Å². The van der Waals surface area contributed by atoms with Crippen molar-refractivity contribution in [3.63, 3.8) is 0 Å². The molecule has 4 heterocycles. The van der Waals surface area contributed by atoms with E-state index in [-0.39, 0.29) is 12.1 Å². The van der Waals surface area contributed by atoms with E-state index in [1.165, 1.54) is 5.01 Å². The fourth-order valence-electron chi connectivity index (χ4n) is 5.64. The minimum absolute atomic E-state index is 0.00681. The fourth-order valence-corrected chi connectivity index (χ4v) is 5.64. The number of nitrogens with zero attached hydrogens (tertiary/aromatic N) is 8. The van der Waals surface area contributed by atoms with Gasteiger partial charge in [0.15, 0.2) is 6.34 Å². The van der Waals surface area contributed by atoms with E-state index < -0.39 is 5.79 Å². The molecule has 2 aromatic heterocycles. The van der Waals surface area contributed by atoms with Crippen LogP contribution in [0.15, 0.2) is 85.5 Å². The van der Waals surface area contributed by atoms with Crippen molar-refractivity contribution in [2.75, 3.05) is 54.2 Å². The van der Waals surface area contributed by atoms with Crippen LogP contribution < -0.4 is 25.0 Å². The molecule has 6 rings (SSSR count). The molecule has 0 saturated carbocycles. The largest absolute Gasteiger partial charge is 0.491 e. The van der Waals surface area contributed by atoms with E-state index in [1.54, 1.807) is 29.6 Å². The maximum atomic E-state index is 12.5. The molecule has 0 amide bonds. The number of hydrogen-bond donors (Lipinski definition) is 2. The summed E-state index contributed by atoms with van der Waals surface area (Å²) in [5.74, 6) is -0.255. The zero-order valence-corrected chi connectivity index (χ0v) is 26.7. The Hall–Kier alpha value is -5.08. The third kappa shape index (κ3) is 7.50. The SMILES string of the molecule is CCC(C)N[N+](=O)N(C=N)c1ccc(N2CCN(c3ccc(OCC4COC(Cn5nccn5)(c5ccncc5)O4)cc3)CC2)cc1. The molecule has 47 heavy (non-hydrogen) atoms. The van der Waals surface area contributed by atoms with Crippen LogP contribution in [0.1, 0.15) is 25.8 Å². The Morgan fingerprint density at radius 1 is 1.00 bits per heavy atom. The second-order valence-corrected chi connectivity index (χ2v) is 11.6. The third-order valence-electron chi connectivity index (χ3n) is 8.45. The Bertz CT molecular complexity index is 1580. The van der Waals surface area contributed by atoms with Gasteiger partial charge in [-0.2, -0.15) is 15.0 Å². The summed E-state index contributed by atoms with van der Waals surface area (Å²) in [5, 5.41) is 17.4. The maximum Gasteiger partial charge on any atom is 0.259 e. The lowest BCUT2D eigenvalue weighted by Gasteiger charge is -2.37. The van der Waals surface area contributed by atoms with Crippen LogP contribution in [-0.4, -0.2) is 82.8 Å². The number of nitrogens with one attached hydrogen (secondary N) is 2. The van der Waals surface area contributed by atoms with E-state index >= 15 is 0 Å². The first-order valence-electron chi connectivity index (χ1n) is 15.9. The second kappa shape index (κ2) is 14.6. The molecule has 14 heteroatoms. The van der Waals surface area contributed by atoms with Gasteiger partial charge in [0.2, 0.25) is 5.79 Å². The normalized spacial score (nSPS) is 20.1. The number of aromatic nitrogens is 4. The smallest absolute Gasteiger partial charge is 0.259 e. The zero-order valence-electron chi connectivity index (χ0n) is 26.7. The molecule has 2 saturated heterocycles. The van der Waals surface area contributed by atoms with E-state index in [2.05, 4.69) is 42.5 Å². The van der Waals surface area contributed by atoms with Gasteiger partial charge in [0.05, 0.1) is 29.9 Å². The quantitative estimate of drug-likeness (QED) is 0.0902. The van der Waals surface area contributed by atoms with Gasteiger partial charge in [0.25, 0.3) is 4.98 Å². The average molecular weight is 642 g/mol. The molecule has 3 unspecified atom stereocenters. The van der Waals surface area contributed by atoms with Gasteiger partial charge in [-0.1, -0.05) is 6.92 Å². The van der Waals surface area contributed by atoms with Gasteiger partial charge < -0.3 is 24.0 Å². The standard InChI is InChI=1S/C33H41N10O4/c1-3-26(2)38-43(44)41(25-34)30-6-4-28(5-7-30)39-18-20-40(21-19-39)29-8-10-31(11-9-29)45-22-32-23-46-33(47-32,24-42-36-16-17-37-42)27-12-14-35-15-13-27/h4-17,25-26,32,34H,3,18-24H2,1-2H3,(H,38,44)/q+1. The van der Waals surface area contributed by atoms with Gasteiger partial charge in [-0.05, 0) is 79.0 Å². The summed E-state index contributed by atoms with van der Waals surface area (Å²) in [6.45, 7) is 8.43. The highest BCUT2D eigenvalue weighted by Gasteiger charge is 2.44. The predicted octanol–water partition coefficient (Wildman–Crippen LogP) is 3.76. The molecule has 0 aliphatic carbocycles. The Kier molecular flexibility index (Phi) is 9.88. The highest BCUT2D eigenvalue weighted by Crippen LogP contribution is 2.36. The van der Waals surface area contributed by atoms with Crippen LogP contribution in [-0.2, 0) is 21.8 Å². The van der Waals surface area contributed by atoms with Gasteiger partial charge in [0, 0.05) is 55.5 Å². The molecule has 2 N–H and O–H groups in total. The Morgan fingerprint density at radius 2 is 1.62 bits per heavy atom. The number of pyridine rings is 1. The molecule has 0 spiro atoms. The van der Waals surface area contributed by atoms with Crippen molar-refractivity contribution in [3.8, 4) is 5.75 Å². The molecule has 2 fully saturated rings. The first kappa shape index (κ1) is 31.9. The van der Waals surface area contributed by atoms with Crippen molar-refractivity contribution in [1.82, 2.24) is 25.4 Å². The van der Waals surface area contributed by atoms with E-state index in [4.69, 9.17) is 19.6 Å². The number of hydrazine groups is 2. The number of piperazine rings is 1. The summed E-state index contributed by atoms with van der Waals surface area (Å²) in [7, 11) is 0. The summed E-state index contributed by atoms with van der Waals surface area (Å²) < 4.78 is 18.8. The molecule has 2 aromatic carbocycles. The Labute approximate surface area is 273 Å². The summed E-state index contributed by atoms with van der Waals surface area (Å²) in [4.78, 5) is 23.5. The van der Waals surface area contributed by atoms with E-state index in [1.807, 2.05) is 62.4 Å².